The minimum absolute atomic E-state index is 0.433. The van der Waals surface area contributed by atoms with Gasteiger partial charge in [0.25, 0.3) is 0 Å². The molecule has 0 bridgehead atoms. The molecule has 0 saturated carbocycles. The molecule has 0 radical (unpaired) electrons. The highest BCUT2D eigenvalue weighted by Gasteiger charge is 2.49. The van der Waals surface area contributed by atoms with Gasteiger partial charge < -0.3 is 5.32 Å². The molecule has 2 amide bonds. The van der Waals surface area contributed by atoms with Crippen LogP contribution >= 0.6 is 23.2 Å². The van der Waals surface area contributed by atoms with Crippen molar-refractivity contribution in [1.82, 2.24) is 15.1 Å². The number of nitrogens with zero attached hydrogens (tertiary/aromatic N) is 3. The highest BCUT2D eigenvalue weighted by molar-refractivity contribution is 6.38. The van der Waals surface area contributed by atoms with E-state index in [-0.39, 0.29) is 0 Å². The number of aromatic nitrogens is 2. The van der Waals surface area contributed by atoms with E-state index in [0.29, 0.717) is 16.8 Å². The molecule has 0 aliphatic carbocycles. The molecule has 6 nitrogen and oxygen atoms in total. The highest BCUT2D eigenvalue weighted by Crippen LogP contribution is 2.44. The maximum absolute atomic E-state index is 13.3. The molecular formula is C14H5Cl2F6N5O. The molecule has 1 aromatic heterocycles. The second kappa shape index (κ2) is 6.46. The summed E-state index contributed by atoms with van der Waals surface area (Å²) in [6.45, 7) is 0. The number of carbonyl (C=O) groups excluding carboxylic acids is 1. The summed E-state index contributed by atoms with van der Waals surface area (Å²) < 4.78 is 79.1. The van der Waals surface area contributed by atoms with Crippen LogP contribution in [-0.2, 0) is 6.18 Å². The Morgan fingerprint density at radius 2 is 1.71 bits per heavy atom. The zero-order valence-corrected chi connectivity index (χ0v) is 14.5. The van der Waals surface area contributed by atoms with E-state index in [1.807, 2.05) is 5.32 Å². The predicted molar refractivity (Wildman–Crippen MR) is 84.3 cm³/mol. The van der Waals surface area contributed by atoms with Crippen LogP contribution in [0.1, 0.15) is 22.9 Å². The van der Waals surface area contributed by atoms with Crippen molar-refractivity contribution in [3.63, 3.8) is 0 Å². The number of carbonyl (C=O) groups is 1. The second-order valence-electron chi connectivity index (χ2n) is 5.49. The molecule has 0 spiro atoms. The van der Waals surface area contributed by atoms with Gasteiger partial charge in [-0.25, -0.2) is 9.48 Å². The number of nitriles is 1. The van der Waals surface area contributed by atoms with Gasteiger partial charge >= 0.3 is 18.4 Å². The van der Waals surface area contributed by atoms with Gasteiger partial charge in [0.1, 0.15) is 17.6 Å². The van der Waals surface area contributed by atoms with Crippen LogP contribution in [0.5, 0.6) is 0 Å². The summed E-state index contributed by atoms with van der Waals surface area (Å²) in [6, 6.07) is -1.39. The normalized spacial score (nSPS) is 16.8. The Bertz CT molecular complexity index is 1000. The van der Waals surface area contributed by atoms with E-state index in [0.717, 1.165) is 0 Å². The number of alkyl halides is 6. The summed E-state index contributed by atoms with van der Waals surface area (Å²) in [5, 5.41) is 15.2. The van der Waals surface area contributed by atoms with Gasteiger partial charge in [-0.3, -0.25) is 5.32 Å². The van der Waals surface area contributed by atoms with Crippen molar-refractivity contribution >= 4 is 35.1 Å². The SMILES string of the molecule is N#Cc1nn(-c2c(Cl)cc(C(F)(F)F)cc2Cl)c2c1C(C(F)(F)F)NC(=O)N2. The third-order valence-electron chi connectivity index (χ3n) is 3.71. The number of hydrogen-bond acceptors (Lipinski definition) is 3. The average molecular weight is 444 g/mol. The zero-order valence-electron chi connectivity index (χ0n) is 13.0. The maximum atomic E-state index is 13.3. The minimum atomic E-state index is -4.97. The van der Waals surface area contributed by atoms with E-state index in [4.69, 9.17) is 28.5 Å². The van der Waals surface area contributed by atoms with Crippen molar-refractivity contribution in [2.45, 2.75) is 18.4 Å². The fourth-order valence-electron chi connectivity index (χ4n) is 2.59. The van der Waals surface area contributed by atoms with Gasteiger partial charge in [-0.15, -0.1) is 0 Å². The molecular weight excluding hydrogens is 439 g/mol. The van der Waals surface area contributed by atoms with Gasteiger partial charge in [-0.2, -0.15) is 36.7 Å². The monoisotopic (exact) mass is 443 g/mol. The van der Waals surface area contributed by atoms with E-state index in [1.165, 1.54) is 6.07 Å². The standard InChI is InChI=1S/C14H5Cl2F6N5O/c15-5-1-4(13(17,18)19)2-6(16)9(5)27-11-8(7(3-23)26-27)10(14(20,21)22)24-12(28)25-11/h1-2,10H,(H2,24,25,28). The number of benzene rings is 1. The minimum Gasteiger partial charge on any atom is -0.322 e. The fraction of sp³-hybridized carbons (Fsp3) is 0.214. The summed E-state index contributed by atoms with van der Waals surface area (Å²) >= 11 is 11.7. The first-order chi connectivity index (χ1) is 12.8. The number of nitrogens with one attached hydrogen (secondary N) is 2. The van der Waals surface area contributed by atoms with Crippen LogP contribution in [0, 0.1) is 11.3 Å². The van der Waals surface area contributed by atoms with Gasteiger partial charge in [0.05, 0.1) is 21.2 Å². The first-order valence-corrected chi connectivity index (χ1v) is 7.84. The van der Waals surface area contributed by atoms with Crippen molar-refractivity contribution < 1.29 is 31.1 Å². The Kier molecular flexibility index (Phi) is 4.63. The Labute approximate surface area is 161 Å². The van der Waals surface area contributed by atoms with Crippen LogP contribution in [0.25, 0.3) is 5.69 Å². The van der Waals surface area contributed by atoms with E-state index in [9.17, 15) is 31.1 Å². The summed E-state index contributed by atoms with van der Waals surface area (Å²) in [4.78, 5) is 11.7. The lowest BCUT2D eigenvalue weighted by molar-refractivity contribution is -0.155. The average Bonchev–Trinajstić information content (AvgIpc) is 2.90. The number of anilines is 1. The molecule has 14 heteroatoms. The topological polar surface area (TPSA) is 82.7 Å². The van der Waals surface area contributed by atoms with E-state index >= 15 is 0 Å². The molecule has 2 aromatic rings. The fourth-order valence-corrected chi connectivity index (χ4v) is 3.24. The van der Waals surface area contributed by atoms with Gasteiger partial charge in [0, 0.05) is 0 Å². The molecule has 0 saturated heterocycles. The first-order valence-electron chi connectivity index (χ1n) is 7.08. The number of hydrogen-bond donors (Lipinski definition) is 2. The zero-order chi connectivity index (χ0) is 21.0. The number of halogens is 8. The smallest absolute Gasteiger partial charge is 0.322 e. The lowest BCUT2D eigenvalue weighted by Crippen LogP contribution is -2.44. The molecule has 3 rings (SSSR count). The summed E-state index contributed by atoms with van der Waals surface area (Å²) in [5.74, 6) is -0.591. The molecule has 1 aliphatic rings. The number of fused-ring (bicyclic) bond motifs is 1. The van der Waals surface area contributed by atoms with Gasteiger partial charge in [0.15, 0.2) is 11.7 Å². The highest BCUT2D eigenvalue weighted by atomic mass is 35.5. The van der Waals surface area contributed by atoms with Gasteiger partial charge in [-0.05, 0) is 12.1 Å². The van der Waals surface area contributed by atoms with Crippen molar-refractivity contribution in [3.05, 3.63) is 39.0 Å². The Morgan fingerprint density at radius 3 is 2.18 bits per heavy atom. The molecule has 1 aromatic carbocycles. The van der Waals surface area contributed by atoms with Crippen LogP contribution < -0.4 is 10.6 Å². The molecule has 2 N–H and O–H groups in total. The molecule has 1 atom stereocenters. The Balaban J connectivity index is 2.28. The molecule has 2 heterocycles. The summed E-state index contributed by atoms with van der Waals surface area (Å²) in [6.07, 6.45) is -9.76. The van der Waals surface area contributed by atoms with E-state index in [2.05, 4.69) is 5.10 Å². The quantitative estimate of drug-likeness (QED) is 0.620. The van der Waals surface area contributed by atoms with Crippen LogP contribution in [0.15, 0.2) is 12.1 Å². The number of rotatable bonds is 1. The van der Waals surface area contributed by atoms with E-state index in [1.54, 1.807) is 5.32 Å². The lowest BCUT2D eigenvalue weighted by atomic mass is 10.0. The Hall–Kier alpha value is -2.65. The third kappa shape index (κ3) is 3.31. The van der Waals surface area contributed by atoms with Gasteiger partial charge in [-0.1, -0.05) is 23.2 Å². The molecule has 1 aliphatic heterocycles. The molecule has 0 fully saturated rings. The maximum Gasteiger partial charge on any atom is 0.416 e. The van der Waals surface area contributed by atoms with Crippen molar-refractivity contribution in [2.24, 2.45) is 0 Å². The van der Waals surface area contributed by atoms with Crippen molar-refractivity contribution in [1.29, 1.82) is 5.26 Å². The second-order valence-corrected chi connectivity index (χ2v) is 6.31. The molecule has 28 heavy (non-hydrogen) atoms. The Morgan fingerprint density at radius 1 is 1.14 bits per heavy atom. The number of urea groups is 1. The molecule has 148 valence electrons. The van der Waals surface area contributed by atoms with Crippen LogP contribution in [0.4, 0.5) is 37.0 Å². The number of amides is 2. The summed E-state index contributed by atoms with van der Waals surface area (Å²) in [7, 11) is 0. The van der Waals surface area contributed by atoms with E-state index < -0.39 is 62.8 Å². The predicted octanol–water partition coefficient (Wildman–Crippen LogP) is 4.81. The first kappa shape index (κ1) is 20.1. The van der Waals surface area contributed by atoms with Crippen LogP contribution in [-0.4, -0.2) is 22.0 Å². The largest absolute Gasteiger partial charge is 0.416 e. The van der Waals surface area contributed by atoms with Crippen molar-refractivity contribution in [3.8, 4) is 11.8 Å². The summed E-state index contributed by atoms with van der Waals surface area (Å²) in [5.41, 5.74) is -3.08. The lowest BCUT2D eigenvalue weighted by Gasteiger charge is -2.27. The third-order valence-corrected chi connectivity index (χ3v) is 4.28. The van der Waals surface area contributed by atoms with Crippen LogP contribution in [0.3, 0.4) is 0 Å². The van der Waals surface area contributed by atoms with Crippen molar-refractivity contribution in [2.75, 3.05) is 5.32 Å². The molecule has 1 unspecified atom stereocenters. The van der Waals surface area contributed by atoms with Crippen LogP contribution in [0.2, 0.25) is 10.0 Å². The van der Waals surface area contributed by atoms with Gasteiger partial charge in [0.2, 0.25) is 0 Å².